The lowest BCUT2D eigenvalue weighted by Gasteiger charge is -2.25. The summed E-state index contributed by atoms with van der Waals surface area (Å²) in [5.41, 5.74) is 2.63. The van der Waals surface area contributed by atoms with Gasteiger partial charge in [0.05, 0.1) is 6.61 Å². The fourth-order valence-corrected chi connectivity index (χ4v) is 1.85. The summed E-state index contributed by atoms with van der Waals surface area (Å²) in [6, 6.07) is 9.10. The number of anilines is 1. The molecule has 1 N–H and O–H groups in total. The molecule has 0 heterocycles. The summed E-state index contributed by atoms with van der Waals surface area (Å²) in [5.74, 6) is 0. The fraction of sp³-hybridized carbons (Fsp3) is 0.571. The zero-order valence-corrected chi connectivity index (χ0v) is 11.4. The predicted molar refractivity (Wildman–Crippen MR) is 73.8 cm³/mol. The van der Waals surface area contributed by atoms with Crippen molar-refractivity contribution in [3.8, 4) is 0 Å². The average Bonchev–Trinajstić information content (AvgIpc) is 2.38. The molecule has 96 valence electrons. The number of hydrogen-bond donors (Lipinski definition) is 1. The Kier molecular flexibility index (Phi) is 6.01. The number of ether oxygens (including phenoxy) is 1. The van der Waals surface area contributed by atoms with Crippen LogP contribution in [0.5, 0.6) is 0 Å². The molecule has 0 fully saturated rings. The maximum Gasteiger partial charge on any atom is 0.0633 e. The van der Waals surface area contributed by atoms with Crippen LogP contribution in [0.3, 0.4) is 0 Å². The van der Waals surface area contributed by atoms with Gasteiger partial charge >= 0.3 is 0 Å². The molecule has 1 unspecified atom stereocenters. The third-order valence-corrected chi connectivity index (χ3v) is 3.06. The van der Waals surface area contributed by atoms with E-state index in [0.29, 0.717) is 6.04 Å². The Morgan fingerprint density at radius 3 is 2.41 bits per heavy atom. The molecule has 1 aromatic rings. The maximum absolute atomic E-state index is 5.18. The summed E-state index contributed by atoms with van der Waals surface area (Å²) in [5, 5.41) is 3.26. The van der Waals surface area contributed by atoms with E-state index < -0.39 is 0 Å². The molecule has 0 spiro atoms. The highest BCUT2D eigenvalue weighted by atomic mass is 16.5. The van der Waals surface area contributed by atoms with Gasteiger partial charge in [0.15, 0.2) is 0 Å². The van der Waals surface area contributed by atoms with Crippen LogP contribution in [0.4, 0.5) is 5.69 Å². The van der Waals surface area contributed by atoms with Crippen molar-refractivity contribution in [2.45, 2.75) is 19.4 Å². The summed E-state index contributed by atoms with van der Waals surface area (Å²) in [6.45, 7) is 3.85. The molecule has 0 saturated heterocycles. The van der Waals surface area contributed by atoms with Crippen LogP contribution in [0.25, 0.3) is 0 Å². The van der Waals surface area contributed by atoms with Gasteiger partial charge in [-0.05, 0) is 31.2 Å². The number of methoxy groups -OCH3 is 1. The molecule has 1 atom stereocenters. The summed E-state index contributed by atoms with van der Waals surface area (Å²) < 4.78 is 5.18. The van der Waals surface area contributed by atoms with E-state index in [-0.39, 0.29) is 0 Å². The zero-order valence-electron chi connectivity index (χ0n) is 11.4. The van der Waals surface area contributed by atoms with Crippen molar-refractivity contribution < 1.29 is 4.74 Å². The van der Waals surface area contributed by atoms with E-state index in [1.54, 1.807) is 7.11 Å². The topological polar surface area (TPSA) is 24.5 Å². The van der Waals surface area contributed by atoms with E-state index in [4.69, 9.17) is 4.74 Å². The molecule has 0 saturated carbocycles. The Hall–Kier alpha value is -1.06. The summed E-state index contributed by atoms with van der Waals surface area (Å²) in [7, 11) is 5.82. The molecule has 0 radical (unpaired) electrons. The number of likely N-dealkylation sites (N-methyl/N-ethyl adjacent to an activating group) is 2. The van der Waals surface area contributed by atoms with Gasteiger partial charge in [-0.2, -0.15) is 0 Å². The lowest BCUT2D eigenvalue weighted by molar-refractivity contribution is 0.171. The molecule has 0 bridgehead atoms. The van der Waals surface area contributed by atoms with Crippen molar-refractivity contribution >= 4 is 5.69 Å². The number of aryl methyl sites for hydroxylation is 1. The second-order valence-corrected chi connectivity index (χ2v) is 4.34. The third kappa shape index (κ3) is 4.36. The van der Waals surface area contributed by atoms with Gasteiger partial charge in [0, 0.05) is 32.4 Å². The average molecular weight is 236 g/mol. The predicted octanol–water partition coefficient (Wildman–Crippen LogP) is 1.92. The molecule has 1 aromatic carbocycles. The monoisotopic (exact) mass is 236 g/mol. The lowest BCUT2D eigenvalue weighted by Crippen LogP contribution is -2.40. The quantitative estimate of drug-likeness (QED) is 0.783. The molecule has 1 rings (SSSR count). The van der Waals surface area contributed by atoms with Gasteiger partial charge in [-0.1, -0.05) is 19.1 Å². The molecular weight excluding hydrogens is 212 g/mol. The van der Waals surface area contributed by atoms with Gasteiger partial charge in [0.2, 0.25) is 0 Å². The van der Waals surface area contributed by atoms with E-state index in [2.05, 4.69) is 48.5 Å². The number of nitrogens with zero attached hydrogens (tertiary/aromatic N) is 1. The van der Waals surface area contributed by atoms with Crippen LogP contribution in [0.15, 0.2) is 24.3 Å². The Balaban J connectivity index is 2.58. The molecule has 3 nitrogen and oxygen atoms in total. The van der Waals surface area contributed by atoms with E-state index in [1.807, 2.05) is 7.05 Å². The molecule has 3 heteroatoms. The highest BCUT2D eigenvalue weighted by Gasteiger charge is 2.09. The minimum atomic E-state index is 0.357. The van der Waals surface area contributed by atoms with Gasteiger partial charge in [0.1, 0.15) is 0 Å². The van der Waals surface area contributed by atoms with Crippen molar-refractivity contribution in [3.63, 3.8) is 0 Å². The van der Waals surface area contributed by atoms with E-state index in [0.717, 1.165) is 19.6 Å². The highest BCUT2D eigenvalue weighted by Crippen LogP contribution is 2.14. The second-order valence-electron chi connectivity index (χ2n) is 4.34. The van der Waals surface area contributed by atoms with Gasteiger partial charge in [0.25, 0.3) is 0 Å². The van der Waals surface area contributed by atoms with Crippen LogP contribution in [-0.4, -0.2) is 40.4 Å². The SMILES string of the molecule is CCc1ccc(N(C)CC(COC)NC)cc1. The van der Waals surface area contributed by atoms with Crippen molar-refractivity contribution in [2.24, 2.45) is 0 Å². The maximum atomic E-state index is 5.18. The smallest absolute Gasteiger partial charge is 0.0633 e. The van der Waals surface area contributed by atoms with Crippen LogP contribution in [0.1, 0.15) is 12.5 Å². The first-order valence-electron chi connectivity index (χ1n) is 6.17. The van der Waals surface area contributed by atoms with Crippen LogP contribution < -0.4 is 10.2 Å². The molecule has 0 aliphatic carbocycles. The number of rotatable bonds is 7. The lowest BCUT2D eigenvalue weighted by atomic mass is 10.1. The Morgan fingerprint density at radius 1 is 1.29 bits per heavy atom. The first-order valence-corrected chi connectivity index (χ1v) is 6.17. The zero-order chi connectivity index (χ0) is 12.7. The van der Waals surface area contributed by atoms with Crippen molar-refractivity contribution in [2.75, 3.05) is 39.3 Å². The molecular formula is C14H24N2O. The Morgan fingerprint density at radius 2 is 1.94 bits per heavy atom. The van der Waals surface area contributed by atoms with Gasteiger partial charge in [-0.25, -0.2) is 0 Å². The number of hydrogen-bond acceptors (Lipinski definition) is 3. The van der Waals surface area contributed by atoms with Crippen molar-refractivity contribution in [1.29, 1.82) is 0 Å². The molecule has 0 aromatic heterocycles. The first-order chi connectivity index (χ1) is 8.21. The minimum Gasteiger partial charge on any atom is -0.383 e. The van der Waals surface area contributed by atoms with E-state index >= 15 is 0 Å². The number of benzene rings is 1. The van der Waals surface area contributed by atoms with Crippen molar-refractivity contribution in [1.82, 2.24) is 5.32 Å². The van der Waals surface area contributed by atoms with E-state index in [9.17, 15) is 0 Å². The Bertz CT molecular complexity index is 311. The molecule has 0 amide bonds. The second kappa shape index (κ2) is 7.30. The third-order valence-electron chi connectivity index (χ3n) is 3.06. The standard InChI is InChI=1S/C14H24N2O/c1-5-12-6-8-14(9-7-12)16(3)10-13(15-2)11-17-4/h6-9,13,15H,5,10-11H2,1-4H3. The molecule has 0 aliphatic heterocycles. The summed E-state index contributed by atoms with van der Waals surface area (Å²) in [4.78, 5) is 2.25. The van der Waals surface area contributed by atoms with Gasteiger partial charge in [-0.3, -0.25) is 0 Å². The van der Waals surface area contributed by atoms with Gasteiger partial charge in [-0.15, -0.1) is 0 Å². The summed E-state index contributed by atoms with van der Waals surface area (Å²) in [6.07, 6.45) is 1.09. The van der Waals surface area contributed by atoms with Crippen LogP contribution in [0, 0.1) is 0 Å². The minimum absolute atomic E-state index is 0.357. The Labute approximate surface area is 105 Å². The fourth-order valence-electron chi connectivity index (χ4n) is 1.85. The van der Waals surface area contributed by atoms with Gasteiger partial charge < -0.3 is 15.0 Å². The highest BCUT2D eigenvalue weighted by molar-refractivity contribution is 5.47. The summed E-state index contributed by atoms with van der Waals surface area (Å²) >= 11 is 0. The number of nitrogens with one attached hydrogen (secondary N) is 1. The van der Waals surface area contributed by atoms with Crippen LogP contribution >= 0.6 is 0 Å². The largest absolute Gasteiger partial charge is 0.383 e. The van der Waals surface area contributed by atoms with E-state index in [1.165, 1.54) is 11.3 Å². The van der Waals surface area contributed by atoms with Crippen LogP contribution in [0.2, 0.25) is 0 Å². The molecule has 17 heavy (non-hydrogen) atoms. The normalized spacial score (nSPS) is 12.5. The van der Waals surface area contributed by atoms with Crippen molar-refractivity contribution in [3.05, 3.63) is 29.8 Å². The molecule has 0 aliphatic rings. The van der Waals surface area contributed by atoms with Crippen LogP contribution in [-0.2, 0) is 11.2 Å². The first kappa shape index (κ1) is 14.0.